The van der Waals surface area contributed by atoms with Crippen molar-refractivity contribution in [3.8, 4) is 11.5 Å². The summed E-state index contributed by atoms with van der Waals surface area (Å²) in [6, 6.07) is 19.4. The quantitative estimate of drug-likeness (QED) is 0.324. The van der Waals surface area contributed by atoms with E-state index in [0.29, 0.717) is 28.6 Å². The van der Waals surface area contributed by atoms with E-state index >= 15 is 0 Å². The molecule has 0 aliphatic heterocycles. The zero-order chi connectivity index (χ0) is 26.4. The molecule has 6 nitrogen and oxygen atoms in total. The lowest BCUT2D eigenvalue weighted by atomic mass is 10.0. The third-order valence-corrected chi connectivity index (χ3v) is 7.17. The first kappa shape index (κ1) is 26.8. The summed E-state index contributed by atoms with van der Waals surface area (Å²) in [5.74, 6) is 1.17. The maximum atomic E-state index is 13.6. The molecule has 0 bridgehead atoms. The molecule has 0 radical (unpaired) electrons. The Kier molecular flexibility index (Phi) is 8.95. The Hall–Kier alpha value is -3.22. The number of halogens is 2. The molecule has 1 fully saturated rings. The Morgan fingerprint density at radius 1 is 0.892 bits per heavy atom. The minimum Gasteiger partial charge on any atom is -0.497 e. The van der Waals surface area contributed by atoms with Crippen molar-refractivity contribution >= 4 is 35.0 Å². The van der Waals surface area contributed by atoms with Gasteiger partial charge in [-0.25, -0.2) is 0 Å². The Bertz CT molecular complexity index is 1230. The van der Waals surface area contributed by atoms with E-state index in [1.54, 1.807) is 37.3 Å². The van der Waals surface area contributed by atoms with Crippen molar-refractivity contribution < 1.29 is 19.1 Å². The molecule has 1 aliphatic carbocycles. The molecule has 1 unspecified atom stereocenters. The third-order valence-electron chi connectivity index (χ3n) is 6.43. The van der Waals surface area contributed by atoms with Gasteiger partial charge in [0.15, 0.2) is 0 Å². The second kappa shape index (κ2) is 12.3. The molecule has 1 aliphatic rings. The number of methoxy groups -OCH3 is 2. The van der Waals surface area contributed by atoms with Gasteiger partial charge in [-0.1, -0.05) is 53.5 Å². The van der Waals surface area contributed by atoms with Crippen molar-refractivity contribution in [2.24, 2.45) is 0 Å². The summed E-state index contributed by atoms with van der Waals surface area (Å²) in [6.07, 6.45) is 2.57. The molecular formula is C29H30Cl2N2O4. The maximum absolute atomic E-state index is 13.6. The van der Waals surface area contributed by atoms with Gasteiger partial charge in [0.1, 0.15) is 17.5 Å². The predicted octanol–water partition coefficient (Wildman–Crippen LogP) is 5.99. The highest BCUT2D eigenvalue weighted by Gasteiger charge is 2.41. The van der Waals surface area contributed by atoms with Crippen molar-refractivity contribution in [3.05, 3.63) is 93.5 Å². The number of amides is 2. The SMILES string of the molecule is COc1ccc(CCC(=O)N(C2CC2)C(C(=O)NCc2ccc(OC)cc2)c2ccc(Cl)c(Cl)c2)cc1. The molecule has 8 heteroatoms. The molecule has 1 saturated carbocycles. The molecule has 1 atom stereocenters. The lowest BCUT2D eigenvalue weighted by Gasteiger charge is -2.32. The van der Waals surface area contributed by atoms with Crippen LogP contribution in [0.4, 0.5) is 0 Å². The van der Waals surface area contributed by atoms with E-state index in [-0.39, 0.29) is 24.3 Å². The van der Waals surface area contributed by atoms with Gasteiger partial charge in [0, 0.05) is 19.0 Å². The second-order valence-electron chi connectivity index (χ2n) is 9.02. The van der Waals surface area contributed by atoms with Gasteiger partial charge in [0.05, 0.1) is 24.3 Å². The van der Waals surface area contributed by atoms with E-state index in [9.17, 15) is 9.59 Å². The molecule has 0 saturated heterocycles. The average molecular weight is 541 g/mol. The van der Waals surface area contributed by atoms with Crippen molar-refractivity contribution in [3.63, 3.8) is 0 Å². The van der Waals surface area contributed by atoms with Gasteiger partial charge in [-0.2, -0.15) is 0 Å². The first-order valence-electron chi connectivity index (χ1n) is 12.2. The summed E-state index contributed by atoms with van der Waals surface area (Å²) in [5.41, 5.74) is 2.58. The number of carbonyl (C=O) groups is 2. The van der Waals surface area contributed by atoms with E-state index in [4.69, 9.17) is 32.7 Å². The lowest BCUT2D eigenvalue weighted by molar-refractivity contribution is -0.141. The van der Waals surface area contributed by atoms with Crippen LogP contribution in [0.25, 0.3) is 0 Å². The van der Waals surface area contributed by atoms with Gasteiger partial charge >= 0.3 is 0 Å². The molecule has 37 heavy (non-hydrogen) atoms. The van der Waals surface area contributed by atoms with Crippen molar-refractivity contribution in [2.45, 2.75) is 44.3 Å². The normalized spacial score (nSPS) is 13.5. The molecule has 2 amide bonds. The van der Waals surface area contributed by atoms with Crippen LogP contribution < -0.4 is 14.8 Å². The highest BCUT2D eigenvalue weighted by molar-refractivity contribution is 6.42. The second-order valence-corrected chi connectivity index (χ2v) is 9.84. The minimum absolute atomic E-state index is 0.00885. The number of carbonyl (C=O) groups excluding carboxylic acids is 2. The first-order chi connectivity index (χ1) is 17.9. The predicted molar refractivity (Wildman–Crippen MR) is 145 cm³/mol. The molecule has 194 valence electrons. The molecule has 0 spiro atoms. The van der Waals surface area contributed by atoms with Gasteiger partial charge < -0.3 is 19.7 Å². The standard InChI is InChI=1S/C29H30Cl2N2O4/c1-36-23-11-3-19(4-12-23)7-16-27(34)33(22-9-10-22)28(21-8-15-25(30)26(31)17-21)29(35)32-18-20-5-13-24(37-2)14-6-20/h3-6,8,11-15,17,22,28H,7,9-10,16,18H2,1-2H3,(H,32,35). The molecule has 3 aromatic rings. The van der Waals surface area contributed by atoms with Crippen LogP contribution in [-0.4, -0.2) is 37.0 Å². The van der Waals surface area contributed by atoms with Gasteiger partial charge in [0.25, 0.3) is 0 Å². The first-order valence-corrected chi connectivity index (χ1v) is 12.9. The van der Waals surface area contributed by atoms with E-state index in [1.807, 2.05) is 48.5 Å². The molecule has 4 rings (SSSR count). The maximum Gasteiger partial charge on any atom is 0.247 e. The summed E-state index contributed by atoms with van der Waals surface area (Å²) in [7, 11) is 3.23. The van der Waals surface area contributed by atoms with Crippen LogP contribution in [0.5, 0.6) is 11.5 Å². The number of hydrogen-bond acceptors (Lipinski definition) is 4. The van der Waals surface area contributed by atoms with Crippen LogP contribution in [0.1, 0.15) is 42.0 Å². The topological polar surface area (TPSA) is 67.9 Å². The molecular weight excluding hydrogens is 511 g/mol. The van der Waals surface area contributed by atoms with Crippen molar-refractivity contribution in [2.75, 3.05) is 14.2 Å². The zero-order valence-corrected chi connectivity index (χ0v) is 22.4. The van der Waals surface area contributed by atoms with Crippen molar-refractivity contribution in [1.29, 1.82) is 0 Å². The Labute approximate surface area is 227 Å². The van der Waals surface area contributed by atoms with Gasteiger partial charge in [0.2, 0.25) is 11.8 Å². The number of nitrogens with zero attached hydrogens (tertiary/aromatic N) is 1. The van der Waals surface area contributed by atoms with E-state index in [2.05, 4.69) is 5.32 Å². The van der Waals surface area contributed by atoms with Crippen LogP contribution in [0, 0.1) is 0 Å². The minimum atomic E-state index is -0.816. The third kappa shape index (κ3) is 6.96. The van der Waals surface area contributed by atoms with Crippen LogP contribution >= 0.6 is 23.2 Å². The fourth-order valence-electron chi connectivity index (χ4n) is 4.23. The van der Waals surface area contributed by atoms with Crippen LogP contribution in [0.15, 0.2) is 66.7 Å². The summed E-state index contributed by atoms with van der Waals surface area (Å²) in [4.78, 5) is 29.0. The number of ether oxygens (including phenoxy) is 2. The summed E-state index contributed by atoms with van der Waals surface area (Å²) in [5, 5.41) is 3.75. The summed E-state index contributed by atoms with van der Waals surface area (Å²) in [6.45, 7) is 0.319. The Morgan fingerprint density at radius 2 is 1.49 bits per heavy atom. The van der Waals surface area contributed by atoms with Crippen LogP contribution in [0.3, 0.4) is 0 Å². The lowest BCUT2D eigenvalue weighted by Crippen LogP contribution is -2.45. The Morgan fingerprint density at radius 3 is 2.03 bits per heavy atom. The van der Waals surface area contributed by atoms with E-state index < -0.39 is 6.04 Å². The zero-order valence-electron chi connectivity index (χ0n) is 20.9. The fourth-order valence-corrected chi connectivity index (χ4v) is 4.54. The number of rotatable bonds is 11. The van der Waals surface area contributed by atoms with Gasteiger partial charge in [-0.05, 0) is 72.4 Å². The molecule has 0 aromatic heterocycles. The fraction of sp³-hybridized carbons (Fsp3) is 0.310. The monoisotopic (exact) mass is 540 g/mol. The average Bonchev–Trinajstić information content (AvgIpc) is 3.76. The molecule has 1 N–H and O–H groups in total. The number of aryl methyl sites for hydroxylation is 1. The highest BCUT2D eigenvalue weighted by atomic mass is 35.5. The van der Waals surface area contributed by atoms with E-state index in [0.717, 1.165) is 35.5 Å². The largest absolute Gasteiger partial charge is 0.497 e. The van der Waals surface area contributed by atoms with Gasteiger partial charge in [-0.15, -0.1) is 0 Å². The summed E-state index contributed by atoms with van der Waals surface area (Å²) < 4.78 is 10.4. The number of hydrogen-bond donors (Lipinski definition) is 1. The molecule has 0 heterocycles. The van der Waals surface area contributed by atoms with Crippen LogP contribution in [0.2, 0.25) is 10.0 Å². The van der Waals surface area contributed by atoms with Crippen LogP contribution in [-0.2, 0) is 22.6 Å². The van der Waals surface area contributed by atoms with Gasteiger partial charge in [-0.3, -0.25) is 9.59 Å². The summed E-state index contributed by atoms with van der Waals surface area (Å²) >= 11 is 12.5. The Balaban J connectivity index is 1.55. The highest BCUT2D eigenvalue weighted by Crippen LogP contribution is 2.37. The molecule has 3 aromatic carbocycles. The van der Waals surface area contributed by atoms with E-state index in [1.165, 1.54) is 0 Å². The smallest absolute Gasteiger partial charge is 0.247 e. The number of benzene rings is 3. The van der Waals surface area contributed by atoms with Crippen molar-refractivity contribution in [1.82, 2.24) is 10.2 Å². The number of nitrogens with one attached hydrogen (secondary N) is 1.